The molecule has 4 rings (SSSR count). The van der Waals surface area contributed by atoms with Crippen molar-refractivity contribution in [3.63, 3.8) is 0 Å². The molecule has 2 aromatic carbocycles. The Labute approximate surface area is 165 Å². The van der Waals surface area contributed by atoms with Gasteiger partial charge in [-0.3, -0.25) is 10.1 Å². The predicted molar refractivity (Wildman–Crippen MR) is 104 cm³/mol. The van der Waals surface area contributed by atoms with Gasteiger partial charge in [-0.2, -0.15) is 0 Å². The van der Waals surface area contributed by atoms with Crippen molar-refractivity contribution >= 4 is 11.8 Å². The molecule has 0 atom stereocenters. The molecule has 7 nitrogen and oxygen atoms in total. The van der Waals surface area contributed by atoms with Crippen LogP contribution in [0.5, 0.6) is 0 Å². The van der Waals surface area contributed by atoms with E-state index in [0.29, 0.717) is 29.7 Å². The fourth-order valence-electron chi connectivity index (χ4n) is 3.46. The molecule has 8 heteroatoms. The molecule has 2 N–H and O–H groups in total. The largest absolute Gasteiger partial charge is 0.465 e. The molecule has 29 heavy (non-hydrogen) atoms. The number of nitrogens with zero attached hydrogens (tertiary/aromatic N) is 2. The lowest BCUT2D eigenvalue weighted by Crippen LogP contribution is -2.34. The maximum absolute atomic E-state index is 14.9. The molecule has 0 radical (unpaired) electrons. The van der Waals surface area contributed by atoms with Crippen molar-refractivity contribution in [2.24, 2.45) is 0 Å². The summed E-state index contributed by atoms with van der Waals surface area (Å²) in [4.78, 5) is 25.9. The summed E-state index contributed by atoms with van der Waals surface area (Å²) in [6.07, 6.45) is 0.998. The number of nitrogens with one attached hydrogen (secondary N) is 1. The average Bonchev–Trinajstić information content (AvgIpc) is 3.47. The van der Waals surface area contributed by atoms with Gasteiger partial charge in [-0.1, -0.05) is 42.5 Å². The molecule has 146 valence electrons. The van der Waals surface area contributed by atoms with Crippen LogP contribution < -0.4 is 5.32 Å². The maximum atomic E-state index is 14.9. The molecule has 0 spiro atoms. The lowest BCUT2D eigenvalue weighted by Gasteiger charge is -2.17. The molecule has 0 saturated heterocycles. The number of carbonyl (C=O) groups is 1. The number of rotatable bonds is 5. The Bertz CT molecular complexity index is 1110. The zero-order valence-corrected chi connectivity index (χ0v) is 15.1. The van der Waals surface area contributed by atoms with Gasteiger partial charge in [0.15, 0.2) is 0 Å². The number of benzene rings is 2. The number of pyridine rings is 1. The summed E-state index contributed by atoms with van der Waals surface area (Å²) in [6, 6.07) is 14.9. The van der Waals surface area contributed by atoms with Gasteiger partial charge in [-0.15, -0.1) is 0 Å². The molecule has 3 aromatic rings. The normalized spacial score (nSPS) is 14.2. The number of amides is 1. The van der Waals surface area contributed by atoms with Gasteiger partial charge in [-0.05, 0) is 24.5 Å². The summed E-state index contributed by atoms with van der Waals surface area (Å²) in [6.45, 7) is 0. The van der Waals surface area contributed by atoms with Crippen LogP contribution in [-0.2, 0) is 5.54 Å². The molecule has 0 aliphatic heterocycles. The van der Waals surface area contributed by atoms with Crippen molar-refractivity contribution < 1.29 is 19.2 Å². The van der Waals surface area contributed by atoms with Gasteiger partial charge in [0.05, 0.1) is 16.2 Å². The molecule has 1 aliphatic carbocycles. The highest BCUT2D eigenvalue weighted by Crippen LogP contribution is 2.47. The van der Waals surface area contributed by atoms with Crippen LogP contribution in [0.25, 0.3) is 22.4 Å². The Morgan fingerprint density at radius 1 is 1.14 bits per heavy atom. The van der Waals surface area contributed by atoms with E-state index in [1.165, 1.54) is 12.1 Å². The van der Waals surface area contributed by atoms with Crippen molar-refractivity contribution in [1.82, 2.24) is 10.3 Å². The quantitative estimate of drug-likeness (QED) is 0.482. The van der Waals surface area contributed by atoms with Crippen molar-refractivity contribution in [2.75, 3.05) is 0 Å². The smallest absolute Gasteiger partial charge is 0.405 e. The van der Waals surface area contributed by atoms with Crippen LogP contribution in [0.2, 0.25) is 0 Å². The Balaban J connectivity index is 1.80. The molecule has 0 unspecified atom stereocenters. The minimum Gasteiger partial charge on any atom is -0.465 e. The SMILES string of the molecule is O=C(O)NC1(c2ccc(-c3ncc([N+](=O)[O-])cc3-c3ccccc3)cc2F)CC1. The number of halogens is 1. The topological polar surface area (TPSA) is 105 Å². The van der Waals surface area contributed by atoms with Crippen molar-refractivity contribution in [2.45, 2.75) is 18.4 Å². The van der Waals surface area contributed by atoms with E-state index in [1.807, 2.05) is 6.07 Å². The molecular formula is C21H16FN3O4. The van der Waals surface area contributed by atoms with E-state index < -0.39 is 22.4 Å². The first kappa shape index (κ1) is 18.5. The van der Waals surface area contributed by atoms with E-state index in [-0.39, 0.29) is 11.3 Å². The van der Waals surface area contributed by atoms with Crippen molar-refractivity contribution in [3.8, 4) is 22.4 Å². The molecule has 1 fully saturated rings. The monoisotopic (exact) mass is 393 g/mol. The number of aromatic nitrogens is 1. The van der Waals surface area contributed by atoms with Crippen LogP contribution in [0.1, 0.15) is 18.4 Å². The Morgan fingerprint density at radius 3 is 2.45 bits per heavy atom. The fourth-order valence-corrected chi connectivity index (χ4v) is 3.46. The van der Waals surface area contributed by atoms with E-state index in [1.54, 1.807) is 36.4 Å². The molecule has 1 aromatic heterocycles. The minimum absolute atomic E-state index is 0.160. The summed E-state index contributed by atoms with van der Waals surface area (Å²) in [5.74, 6) is -0.548. The van der Waals surface area contributed by atoms with E-state index in [2.05, 4.69) is 10.3 Å². The zero-order chi connectivity index (χ0) is 20.6. The van der Waals surface area contributed by atoms with Gasteiger partial charge in [-0.25, -0.2) is 14.2 Å². The summed E-state index contributed by atoms with van der Waals surface area (Å²) < 4.78 is 14.9. The van der Waals surface area contributed by atoms with Crippen LogP contribution in [-0.4, -0.2) is 21.1 Å². The van der Waals surface area contributed by atoms with Gasteiger partial charge >= 0.3 is 6.09 Å². The van der Waals surface area contributed by atoms with Gasteiger partial charge < -0.3 is 10.4 Å². The van der Waals surface area contributed by atoms with Crippen LogP contribution in [0.4, 0.5) is 14.9 Å². The summed E-state index contributed by atoms with van der Waals surface area (Å²) in [5, 5.41) is 22.6. The van der Waals surface area contributed by atoms with Crippen LogP contribution in [0.3, 0.4) is 0 Å². The van der Waals surface area contributed by atoms with E-state index in [9.17, 15) is 19.3 Å². The fraction of sp³-hybridized carbons (Fsp3) is 0.143. The van der Waals surface area contributed by atoms with Gasteiger partial charge in [0.2, 0.25) is 0 Å². The summed E-state index contributed by atoms with van der Waals surface area (Å²) in [7, 11) is 0. The Hall–Kier alpha value is -3.81. The van der Waals surface area contributed by atoms with Crippen molar-refractivity contribution in [1.29, 1.82) is 0 Å². The average molecular weight is 393 g/mol. The first-order chi connectivity index (χ1) is 13.9. The first-order valence-corrected chi connectivity index (χ1v) is 8.91. The molecule has 1 heterocycles. The number of nitro groups is 1. The number of hydrogen-bond acceptors (Lipinski definition) is 4. The van der Waals surface area contributed by atoms with Crippen LogP contribution >= 0.6 is 0 Å². The molecule has 0 bridgehead atoms. The minimum atomic E-state index is -1.20. The number of hydrogen-bond donors (Lipinski definition) is 2. The predicted octanol–water partition coefficient (Wildman–Crippen LogP) is 4.72. The van der Waals surface area contributed by atoms with E-state index >= 15 is 0 Å². The molecule has 1 saturated carbocycles. The highest BCUT2D eigenvalue weighted by Gasteiger charge is 2.47. The molecule has 1 aliphatic rings. The lowest BCUT2D eigenvalue weighted by atomic mass is 9.96. The van der Waals surface area contributed by atoms with Gasteiger partial charge in [0.1, 0.15) is 12.0 Å². The van der Waals surface area contributed by atoms with E-state index in [4.69, 9.17) is 5.11 Å². The third-order valence-corrected chi connectivity index (χ3v) is 5.02. The number of carboxylic acid groups (broad SMARTS) is 1. The lowest BCUT2D eigenvalue weighted by molar-refractivity contribution is -0.385. The van der Waals surface area contributed by atoms with Crippen LogP contribution in [0.15, 0.2) is 60.8 Å². The van der Waals surface area contributed by atoms with E-state index in [0.717, 1.165) is 11.8 Å². The highest BCUT2D eigenvalue weighted by atomic mass is 19.1. The maximum Gasteiger partial charge on any atom is 0.405 e. The second-order valence-corrected chi connectivity index (χ2v) is 6.92. The standard InChI is InChI=1S/C21H16FN3O4/c22-18-10-14(6-7-17(18)21(8-9-21)24-20(26)27)19-16(13-4-2-1-3-5-13)11-15(12-23-19)25(28)29/h1-7,10-12,24H,8-9H2,(H,26,27). The zero-order valence-electron chi connectivity index (χ0n) is 15.1. The summed E-state index contributed by atoms with van der Waals surface area (Å²) >= 11 is 0. The Kier molecular flexibility index (Phi) is 4.46. The first-order valence-electron chi connectivity index (χ1n) is 8.91. The third kappa shape index (κ3) is 3.52. The second-order valence-electron chi connectivity index (χ2n) is 6.92. The third-order valence-electron chi connectivity index (χ3n) is 5.02. The van der Waals surface area contributed by atoms with Gasteiger partial charge in [0, 0.05) is 22.8 Å². The Morgan fingerprint density at radius 2 is 1.86 bits per heavy atom. The van der Waals surface area contributed by atoms with Gasteiger partial charge in [0.25, 0.3) is 5.69 Å². The molecular weight excluding hydrogens is 377 g/mol. The summed E-state index contributed by atoms with van der Waals surface area (Å²) in [5.41, 5.74) is 1.32. The second kappa shape index (κ2) is 6.97. The highest BCUT2D eigenvalue weighted by molar-refractivity contribution is 5.82. The van der Waals surface area contributed by atoms with Crippen molar-refractivity contribution in [3.05, 3.63) is 82.3 Å². The van der Waals surface area contributed by atoms with Crippen LogP contribution in [0, 0.1) is 15.9 Å². The molecule has 1 amide bonds.